The van der Waals surface area contributed by atoms with Gasteiger partial charge in [0, 0.05) is 19.0 Å². The highest BCUT2D eigenvalue weighted by Crippen LogP contribution is 2.33. The van der Waals surface area contributed by atoms with Crippen molar-refractivity contribution in [2.24, 2.45) is 0 Å². The molecule has 0 spiro atoms. The summed E-state index contributed by atoms with van der Waals surface area (Å²) in [4.78, 5) is 26.7. The van der Waals surface area contributed by atoms with Crippen LogP contribution in [0.1, 0.15) is 59.4 Å². The minimum Gasteiger partial charge on any atom is -0.444 e. The molecule has 0 saturated carbocycles. The Hall–Kier alpha value is -1.46. The van der Waals surface area contributed by atoms with Crippen LogP contribution >= 0.6 is 23.2 Å². The number of carbonyl (C=O) groups is 2. The lowest BCUT2D eigenvalue weighted by Crippen LogP contribution is -2.45. The summed E-state index contributed by atoms with van der Waals surface area (Å²) in [5.74, 6) is -0.142. The molecule has 1 aliphatic heterocycles. The summed E-state index contributed by atoms with van der Waals surface area (Å²) in [7, 11) is 0. The fourth-order valence-corrected chi connectivity index (χ4v) is 3.81. The van der Waals surface area contributed by atoms with Crippen LogP contribution in [0.15, 0.2) is 18.2 Å². The molecular weight excluding hydrogens is 387 g/mol. The third-order valence-corrected chi connectivity index (χ3v) is 5.32. The Bertz CT molecular complexity index is 714. The number of nitrogens with zero attached hydrogens (tertiary/aromatic N) is 1. The first-order chi connectivity index (χ1) is 12.4. The van der Waals surface area contributed by atoms with Crippen LogP contribution in [0.5, 0.6) is 0 Å². The molecule has 1 fully saturated rings. The van der Waals surface area contributed by atoms with E-state index in [2.05, 4.69) is 5.32 Å². The smallest absolute Gasteiger partial charge is 0.410 e. The molecule has 2 amide bonds. The Kier molecular flexibility index (Phi) is 6.69. The molecule has 0 radical (unpaired) electrons. The maximum absolute atomic E-state index is 12.7. The lowest BCUT2D eigenvalue weighted by atomic mass is 9.93. The van der Waals surface area contributed by atoms with Gasteiger partial charge in [0.2, 0.25) is 5.91 Å². The van der Waals surface area contributed by atoms with Gasteiger partial charge in [0.1, 0.15) is 5.60 Å². The molecule has 1 saturated heterocycles. The van der Waals surface area contributed by atoms with Gasteiger partial charge in [0.25, 0.3) is 0 Å². The van der Waals surface area contributed by atoms with E-state index in [9.17, 15) is 9.59 Å². The maximum Gasteiger partial charge on any atom is 0.410 e. The predicted molar refractivity (Wildman–Crippen MR) is 108 cm³/mol. The molecule has 1 aliphatic rings. The van der Waals surface area contributed by atoms with Crippen molar-refractivity contribution >= 4 is 35.2 Å². The van der Waals surface area contributed by atoms with E-state index in [1.54, 1.807) is 17.0 Å². The highest BCUT2D eigenvalue weighted by atomic mass is 35.5. The number of ether oxygens (including phenoxy) is 1. The van der Waals surface area contributed by atoms with Crippen LogP contribution in [0.25, 0.3) is 0 Å². The SMILES string of the molecule is CC(C)(C)OC(=O)N1CCC[C@H]1CC(=O)NC(C)(C)c1cccc(Cl)c1Cl. The number of nitrogens with one attached hydrogen (secondary N) is 1. The van der Waals surface area contributed by atoms with Gasteiger partial charge >= 0.3 is 6.09 Å². The first kappa shape index (κ1) is 21.8. The minimum atomic E-state index is -0.686. The van der Waals surface area contributed by atoms with Crippen LogP contribution in [0.4, 0.5) is 4.79 Å². The molecule has 150 valence electrons. The molecular formula is C20H28Cl2N2O3. The molecule has 1 atom stereocenters. The van der Waals surface area contributed by atoms with Gasteiger partial charge in [-0.1, -0.05) is 35.3 Å². The molecule has 1 aromatic rings. The van der Waals surface area contributed by atoms with Crippen molar-refractivity contribution in [3.8, 4) is 0 Å². The fourth-order valence-electron chi connectivity index (χ4n) is 3.28. The number of rotatable bonds is 4. The van der Waals surface area contributed by atoms with Gasteiger partial charge in [-0.15, -0.1) is 0 Å². The molecule has 0 aliphatic carbocycles. The molecule has 1 aromatic carbocycles. The topological polar surface area (TPSA) is 58.6 Å². The number of likely N-dealkylation sites (tertiary alicyclic amines) is 1. The molecule has 5 nitrogen and oxygen atoms in total. The third kappa shape index (κ3) is 5.76. The van der Waals surface area contributed by atoms with Gasteiger partial charge in [-0.25, -0.2) is 4.79 Å². The van der Waals surface area contributed by atoms with Gasteiger partial charge in [-0.3, -0.25) is 4.79 Å². The summed E-state index contributed by atoms with van der Waals surface area (Å²) < 4.78 is 5.46. The van der Waals surface area contributed by atoms with E-state index in [1.807, 2.05) is 40.7 Å². The zero-order valence-electron chi connectivity index (χ0n) is 16.6. The van der Waals surface area contributed by atoms with Crippen molar-refractivity contribution < 1.29 is 14.3 Å². The van der Waals surface area contributed by atoms with E-state index in [-0.39, 0.29) is 24.5 Å². The number of amides is 2. The second kappa shape index (κ2) is 8.27. The number of hydrogen-bond acceptors (Lipinski definition) is 3. The number of halogens is 2. The maximum atomic E-state index is 12.7. The van der Waals surface area contributed by atoms with Crippen LogP contribution in [0.2, 0.25) is 10.0 Å². The lowest BCUT2D eigenvalue weighted by molar-refractivity contribution is -0.123. The number of carbonyl (C=O) groups excluding carboxylic acids is 2. The molecule has 1 heterocycles. The second-order valence-corrected chi connectivity index (χ2v) is 9.23. The highest BCUT2D eigenvalue weighted by molar-refractivity contribution is 6.42. The Morgan fingerprint density at radius 1 is 1.22 bits per heavy atom. The van der Waals surface area contributed by atoms with E-state index in [0.717, 1.165) is 18.4 Å². The minimum absolute atomic E-state index is 0.142. The van der Waals surface area contributed by atoms with Crippen LogP contribution in [-0.4, -0.2) is 35.1 Å². The number of benzene rings is 1. The van der Waals surface area contributed by atoms with E-state index < -0.39 is 11.1 Å². The predicted octanol–water partition coefficient (Wildman–Crippen LogP) is 5.13. The average molecular weight is 415 g/mol. The van der Waals surface area contributed by atoms with Gasteiger partial charge in [-0.05, 0) is 59.1 Å². The largest absolute Gasteiger partial charge is 0.444 e. The first-order valence-corrected chi connectivity index (χ1v) is 9.91. The molecule has 7 heteroatoms. The summed E-state index contributed by atoms with van der Waals surface area (Å²) in [5.41, 5.74) is -0.493. The Morgan fingerprint density at radius 3 is 2.52 bits per heavy atom. The number of hydrogen-bond donors (Lipinski definition) is 1. The summed E-state index contributed by atoms with van der Waals surface area (Å²) in [6.07, 6.45) is 1.50. The lowest BCUT2D eigenvalue weighted by Gasteiger charge is -2.31. The van der Waals surface area contributed by atoms with Crippen molar-refractivity contribution in [3.05, 3.63) is 33.8 Å². The summed E-state index contributed by atoms with van der Waals surface area (Å²) in [6.45, 7) is 9.86. The Morgan fingerprint density at radius 2 is 1.89 bits per heavy atom. The molecule has 0 aromatic heterocycles. The van der Waals surface area contributed by atoms with Crippen molar-refractivity contribution in [2.75, 3.05) is 6.54 Å². The van der Waals surface area contributed by atoms with Gasteiger partial charge in [0.05, 0.1) is 15.6 Å². The molecule has 1 N–H and O–H groups in total. The fraction of sp³-hybridized carbons (Fsp3) is 0.600. The standard InChI is InChI=1S/C20H28Cl2N2O3/c1-19(2,3)27-18(26)24-11-7-8-13(24)12-16(25)23-20(4,5)14-9-6-10-15(21)17(14)22/h6,9-10,13H,7-8,11-12H2,1-5H3,(H,23,25)/t13-/m0/s1. The second-order valence-electron chi connectivity index (χ2n) is 8.45. The van der Waals surface area contributed by atoms with Crippen molar-refractivity contribution in [2.45, 2.75) is 71.1 Å². The van der Waals surface area contributed by atoms with E-state index in [1.165, 1.54) is 0 Å². The van der Waals surface area contributed by atoms with Crippen molar-refractivity contribution in [1.82, 2.24) is 10.2 Å². The molecule has 27 heavy (non-hydrogen) atoms. The van der Waals surface area contributed by atoms with Crippen LogP contribution in [-0.2, 0) is 15.1 Å². The zero-order chi connectivity index (χ0) is 20.4. The molecule has 0 unspecified atom stereocenters. The van der Waals surface area contributed by atoms with Crippen LogP contribution in [0.3, 0.4) is 0 Å². The van der Waals surface area contributed by atoms with Crippen LogP contribution < -0.4 is 5.32 Å². The summed E-state index contributed by atoms with van der Waals surface area (Å²) >= 11 is 12.4. The highest BCUT2D eigenvalue weighted by Gasteiger charge is 2.35. The van der Waals surface area contributed by atoms with Gasteiger partial charge < -0.3 is 15.0 Å². The van der Waals surface area contributed by atoms with Crippen LogP contribution in [0, 0.1) is 0 Å². The average Bonchev–Trinajstić information content (AvgIpc) is 2.95. The van der Waals surface area contributed by atoms with Gasteiger partial charge in [0.15, 0.2) is 0 Å². The Labute approximate surface area is 171 Å². The molecule has 0 bridgehead atoms. The van der Waals surface area contributed by atoms with Crippen molar-refractivity contribution in [1.29, 1.82) is 0 Å². The van der Waals surface area contributed by atoms with Crippen molar-refractivity contribution in [3.63, 3.8) is 0 Å². The first-order valence-electron chi connectivity index (χ1n) is 9.16. The van der Waals surface area contributed by atoms with E-state index in [0.29, 0.717) is 16.6 Å². The van der Waals surface area contributed by atoms with Gasteiger partial charge in [-0.2, -0.15) is 0 Å². The summed E-state index contributed by atoms with van der Waals surface area (Å²) in [5, 5.41) is 3.89. The van der Waals surface area contributed by atoms with E-state index in [4.69, 9.17) is 27.9 Å². The molecule has 2 rings (SSSR count). The summed E-state index contributed by atoms with van der Waals surface area (Å²) in [6, 6.07) is 5.20. The van der Waals surface area contributed by atoms with E-state index >= 15 is 0 Å². The monoisotopic (exact) mass is 414 g/mol. The normalized spacial score (nSPS) is 17.7. The quantitative estimate of drug-likeness (QED) is 0.741. The Balaban J connectivity index is 2.03. The third-order valence-electron chi connectivity index (χ3n) is 4.50. The zero-order valence-corrected chi connectivity index (χ0v) is 18.1.